The second-order valence-corrected chi connectivity index (χ2v) is 18.6. The predicted octanol–water partition coefficient (Wildman–Crippen LogP) is 1.43. The second-order valence-electron chi connectivity index (χ2n) is 18.6. The van der Waals surface area contributed by atoms with Crippen LogP contribution in [0.2, 0.25) is 0 Å². The van der Waals surface area contributed by atoms with Crippen molar-refractivity contribution < 1.29 is 38.7 Å². The van der Waals surface area contributed by atoms with Gasteiger partial charge in [0.15, 0.2) is 5.96 Å². The molecule has 68 heavy (non-hydrogen) atoms. The predicted molar refractivity (Wildman–Crippen MR) is 260 cm³/mol. The Bertz CT molecular complexity index is 2420. The van der Waals surface area contributed by atoms with Gasteiger partial charge in [0.2, 0.25) is 35.4 Å². The third-order valence-corrected chi connectivity index (χ3v) is 11.7. The minimum absolute atomic E-state index is 0.00239. The summed E-state index contributed by atoms with van der Waals surface area (Å²) in [6.45, 7) is 13.8. The number of rotatable bonds is 25. The van der Waals surface area contributed by atoms with Gasteiger partial charge in [-0.05, 0) is 59.8 Å². The van der Waals surface area contributed by atoms with Crippen molar-refractivity contribution in [2.75, 3.05) is 6.54 Å². The van der Waals surface area contributed by atoms with Crippen LogP contribution in [0, 0.1) is 23.7 Å². The average Bonchev–Trinajstić information content (AvgIpc) is 3.89. The Labute approximate surface area is 396 Å². The number of nitrogens with one attached hydrogen (secondary N) is 8. The van der Waals surface area contributed by atoms with Crippen molar-refractivity contribution in [3.05, 3.63) is 72.1 Å². The Kier molecular flexibility index (Phi) is 19.5. The number of aromatic nitrogens is 2. The van der Waals surface area contributed by atoms with Crippen molar-refractivity contribution in [1.82, 2.24) is 41.9 Å². The highest BCUT2D eigenvalue weighted by Crippen LogP contribution is 2.21. The Hall–Kier alpha value is -6.96. The number of aliphatic carboxylic acids is 1. The molecule has 7 atom stereocenters. The number of hydrogen-bond acceptors (Lipinski definition) is 9. The SMILES string of the molecule is CC(C)[C@H](NC(=O)[C@H](Cc1c[nH]c2ccccc12)NC(=O)[C@@H](NC(=O)[C@@H](NC(=O)[C@@H](NC(=O)[C@H](Cc1c[nH]c2ccccc12)NC(=O)[C@@H](N)CCCN=C(N)N)C(C)C)C(C)C)C(C)C)C(=O)O. The number of nitrogens with zero attached hydrogens (tertiary/aromatic N) is 1. The van der Waals surface area contributed by atoms with Crippen LogP contribution in [0.4, 0.5) is 0 Å². The summed E-state index contributed by atoms with van der Waals surface area (Å²) in [7, 11) is 0. The zero-order chi connectivity index (χ0) is 50.4. The third-order valence-electron chi connectivity index (χ3n) is 11.7. The van der Waals surface area contributed by atoms with Crippen LogP contribution in [0.25, 0.3) is 21.8 Å². The average molecular weight is 943 g/mol. The lowest BCUT2D eigenvalue weighted by Crippen LogP contribution is -2.62. The molecule has 2 heterocycles. The molecule has 0 spiro atoms. The van der Waals surface area contributed by atoms with Crippen LogP contribution >= 0.6 is 0 Å². The van der Waals surface area contributed by atoms with Crippen molar-refractivity contribution >= 4 is 69.2 Å². The number of benzene rings is 2. The number of aromatic amines is 2. The van der Waals surface area contributed by atoms with Gasteiger partial charge >= 0.3 is 5.97 Å². The van der Waals surface area contributed by atoms with Gasteiger partial charge in [-0.2, -0.15) is 0 Å². The van der Waals surface area contributed by atoms with Gasteiger partial charge in [0.05, 0.1) is 6.04 Å². The maximum Gasteiger partial charge on any atom is 0.326 e. The lowest BCUT2D eigenvalue weighted by atomic mass is 9.97. The van der Waals surface area contributed by atoms with E-state index >= 15 is 0 Å². The topological polar surface area (TPSA) is 334 Å². The Morgan fingerprint density at radius 1 is 0.544 bits per heavy atom. The van der Waals surface area contributed by atoms with Crippen molar-refractivity contribution in [2.45, 2.75) is 123 Å². The zero-order valence-electron chi connectivity index (χ0n) is 40.1. The molecule has 370 valence electrons. The molecule has 2 aromatic carbocycles. The van der Waals surface area contributed by atoms with Gasteiger partial charge in [0.25, 0.3) is 0 Å². The maximum absolute atomic E-state index is 14.2. The normalized spacial score (nSPS) is 14.7. The van der Waals surface area contributed by atoms with Gasteiger partial charge in [-0.3, -0.25) is 33.8 Å². The zero-order valence-corrected chi connectivity index (χ0v) is 40.1. The molecule has 0 fully saturated rings. The third kappa shape index (κ3) is 14.8. The van der Waals surface area contributed by atoms with Crippen molar-refractivity contribution in [3.63, 3.8) is 0 Å². The van der Waals surface area contributed by atoms with Gasteiger partial charge in [-0.1, -0.05) is 91.8 Å². The summed E-state index contributed by atoms with van der Waals surface area (Å²) in [5.41, 5.74) is 20.1. The van der Waals surface area contributed by atoms with E-state index in [1.165, 1.54) is 0 Å². The van der Waals surface area contributed by atoms with E-state index in [2.05, 4.69) is 46.9 Å². The van der Waals surface area contributed by atoms with Gasteiger partial charge < -0.3 is 64.2 Å². The van der Waals surface area contributed by atoms with E-state index in [0.29, 0.717) is 12.0 Å². The smallest absolute Gasteiger partial charge is 0.326 e. The first-order valence-corrected chi connectivity index (χ1v) is 23.0. The molecular formula is C48H70N12O8. The number of para-hydroxylation sites is 2. The summed E-state index contributed by atoms with van der Waals surface area (Å²) in [4.78, 5) is 106. The molecule has 0 saturated carbocycles. The lowest BCUT2D eigenvalue weighted by Gasteiger charge is -2.31. The minimum atomic E-state index is -1.24. The first kappa shape index (κ1) is 53.7. The van der Waals surface area contributed by atoms with Crippen LogP contribution in [-0.2, 0) is 46.4 Å². The summed E-state index contributed by atoms with van der Waals surface area (Å²) in [5, 5.41) is 27.9. The van der Waals surface area contributed by atoms with Crippen LogP contribution in [0.1, 0.15) is 79.4 Å². The fourth-order valence-corrected chi connectivity index (χ4v) is 7.76. The standard InChI is InChI=1S/C48H70N12O8/c1-24(2)37(44(64)56-36(43(63)60-40(27(7)8)47(67)68)21-29-23-54-34-18-12-10-15-31(29)34)58-46(66)39(26(5)6)59-45(65)38(25(3)4)57-42(62)35(20-28-22-53-33-17-11-9-14-30(28)33)55-41(61)32(49)16-13-19-52-48(50)51/h9-12,14-15,17-18,22-27,32,35-40,53-54H,13,16,19-21,49H2,1-8H3,(H,55,61)(H,56,64)(H,57,62)(H,58,66)(H,59,65)(H,60,63)(H,67,68)(H4,50,51,52)/t32-,35-,36-,37-,38-,39-,40-/m0/s1. The summed E-state index contributed by atoms with van der Waals surface area (Å²) < 4.78 is 0. The van der Waals surface area contributed by atoms with E-state index in [-0.39, 0.29) is 31.8 Å². The molecule has 0 aliphatic rings. The first-order chi connectivity index (χ1) is 32.1. The molecule has 0 aliphatic heterocycles. The molecule has 0 saturated heterocycles. The Balaban J connectivity index is 1.53. The number of carbonyl (C=O) groups is 7. The number of fused-ring (bicyclic) bond motifs is 2. The first-order valence-electron chi connectivity index (χ1n) is 23.0. The number of guanidine groups is 1. The molecule has 4 rings (SSSR count). The Morgan fingerprint density at radius 2 is 0.912 bits per heavy atom. The van der Waals surface area contributed by atoms with Crippen molar-refractivity contribution in [2.24, 2.45) is 45.9 Å². The number of aliphatic imine (C=N–C) groups is 1. The molecular weight excluding hydrogens is 873 g/mol. The number of nitrogens with two attached hydrogens (primary N) is 3. The summed E-state index contributed by atoms with van der Waals surface area (Å²) in [5.74, 6) is -7.37. The number of H-pyrrole nitrogens is 2. The summed E-state index contributed by atoms with van der Waals surface area (Å²) in [6.07, 6.45) is 4.14. The van der Waals surface area contributed by atoms with Crippen molar-refractivity contribution in [1.29, 1.82) is 0 Å². The van der Waals surface area contributed by atoms with Gasteiger partial charge in [0.1, 0.15) is 36.3 Å². The Morgan fingerprint density at radius 3 is 1.31 bits per heavy atom. The molecule has 20 nitrogen and oxygen atoms in total. The highest BCUT2D eigenvalue weighted by Gasteiger charge is 2.37. The molecule has 4 aromatic rings. The molecule has 20 heteroatoms. The highest BCUT2D eigenvalue weighted by atomic mass is 16.4. The molecule has 6 amide bonds. The fourth-order valence-electron chi connectivity index (χ4n) is 7.76. The van der Waals surface area contributed by atoms with Crippen LogP contribution in [0.5, 0.6) is 0 Å². The van der Waals surface area contributed by atoms with E-state index in [9.17, 15) is 38.7 Å². The molecule has 0 radical (unpaired) electrons. The van der Waals surface area contributed by atoms with E-state index < -0.39 is 107 Å². The van der Waals surface area contributed by atoms with E-state index in [1.807, 2.05) is 48.5 Å². The lowest BCUT2D eigenvalue weighted by molar-refractivity contribution is -0.143. The number of carboxylic acids is 1. The second kappa shape index (κ2) is 24.7. The molecule has 15 N–H and O–H groups in total. The van der Waals surface area contributed by atoms with Crippen LogP contribution in [-0.4, -0.2) is 111 Å². The van der Waals surface area contributed by atoms with E-state index in [1.54, 1.807) is 67.8 Å². The monoisotopic (exact) mass is 943 g/mol. The van der Waals surface area contributed by atoms with Crippen LogP contribution in [0.15, 0.2) is 65.9 Å². The van der Waals surface area contributed by atoms with Gasteiger partial charge in [-0.15, -0.1) is 0 Å². The summed E-state index contributed by atoms with van der Waals surface area (Å²) >= 11 is 0. The van der Waals surface area contributed by atoms with Crippen LogP contribution < -0.4 is 49.1 Å². The van der Waals surface area contributed by atoms with Crippen LogP contribution in [0.3, 0.4) is 0 Å². The fraction of sp³-hybridized carbons (Fsp3) is 0.500. The largest absolute Gasteiger partial charge is 0.480 e. The molecule has 0 aliphatic carbocycles. The number of carbonyl (C=O) groups excluding carboxylic acids is 6. The van der Waals surface area contributed by atoms with Gasteiger partial charge in [-0.25, -0.2) is 4.79 Å². The van der Waals surface area contributed by atoms with E-state index in [0.717, 1.165) is 27.4 Å². The molecule has 0 bridgehead atoms. The quantitative estimate of drug-likeness (QED) is 0.0256. The van der Waals surface area contributed by atoms with Crippen molar-refractivity contribution in [3.8, 4) is 0 Å². The minimum Gasteiger partial charge on any atom is -0.480 e. The maximum atomic E-state index is 14.2. The highest BCUT2D eigenvalue weighted by molar-refractivity contribution is 5.98. The summed E-state index contributed by atoms with van der Waals surface area (Å²) in [6, 6.07) is 6.66. The molecule has 0 unspecified atom stereocenters. The number of hydrogen-bond donors (Lipinski definition) is 12. The number of carboxylic acid groups (broad SMARTS) is 1. The van der Waals surface area contributed by atoms with E-state index in [4.69, 9.17) is 17.2 Å². The molecule has 2 aromatic heterocycles. The number of amides is 6. The van der Waals surface area contributed by atoms with Gasteiger partial charge in [0, 0.05) is 53.6 Å².